The molecule has 0 unspecified atom stereocenters. The molecule has 0 aliphatic carbocycles. The molecule has 0 N–H and O–H groups in total. The van der Waals surface area contributed by atoms with Gasteiger partial charge in [0.15, 0.2) is 5.13 Å². The summed E-state index contributed by atoms with van der Waals surface area (Å²) < 4.78 is 17.0. The summed E-state index contributed by atoms with van der Waals surface area (Å²) in [6, 6.07) is 12.3. The van der Waals surface area contributed by atoms with Crippen molar-refractivity contribution in [3.63, 3.8) is 0 Å². The van der Waals surface area contributed by atoms with E-state index in [9.17, 15) is 4.79 Å². The summed E-state index contributed by atoms with van der Waals surface area (Å²) in [4.78, 5) is 19.2. The van der Waals surface area contributed by atoms with Crippen molar-refractivity contribution in [3.8, 4) is 11.5 Å². The minimum atomic E-state index is -0.398. The van der Waals surface area contributed by atoms with Crippen LogP contribution in [0.15, 0.2) is 42.5 Å². The maximum atomic E-state index is 12.3. The van der Waals surface area contributed by atoms with E-state index in [0.29, 0.717) is 17.1 Å². The number of morpholine rings is 1. The third kappa shape index (κ3) is 3.49. The summed E-state index contributed by atoms with van der Waals surface area (Å²) in [5.41, 5.74) is 1.38. The summed E-state index contributed by atoms with van der Waals surface area (Å²) >= 11 is 1.60. The predicted molar refractivity (Wildman–Crippen MR) is 101 cm³/mol. The van der Waals surface area contributed by atoms with Crippen molar-refractivity contribution < 1.29 is 19.0 Å². The smallest absolute Gasteiger partial charge is 0.343 e. The largest absolute Gasteiger partial charge is 0.497 e. The SMILES string of the molecule is COc1ccc(C(=O)Oc2ccc3nc(N4CCOCC4)sc3c2)cc1. The highest BCUT2D eigenvalue weighted by molar-refractivity contribution is 7.22. The number of fused-ring (bicyclic) bond motifs is 1. The van der Waals surface area contributed by atoms with Crippen LogP contribution in [0.5, 0.6) is 11.5 Å². The van der Waals surface area contributed by atoms with Gasteiger partial charge < -0.3 is 19.1 Å². The molecular formula is C19H18N2O4S. The molecule has 0 amide bonds. The van der Waals surface area contributed by atoms with Crippen LogP contribution in [0.3, 0.4) is 0 Å². The van der Waals surface area contributed by atoms with Gasteiger partial charge in [-0.3, -0.25) is 0 Å². The van der Waals surface area contributed by atoms with Gasteiger partial charge in [-0.2, -0.15) is 0 Å². The normalized spacial score (nSPS) is 14.4. The lowest BCUT2D eigenvalue weighted by molar-refractivity contribution is 0.0735. The zero-order valence-corrected chi connectivity index (χ0v) is 15.1. The number of ether oxygens (including phenoxy) is 3. The lowest BCUT2D eigenvalue weighted by atomic mass is 10.2. The summed E-state index contributed by atoms with van der Waals surface area (Å²) in [6.07, 6.45) is 0. The Morgan fingerprint density at radius 2 is 1.85 bits per heavy atom. The van der Waals surface area contributed by atoms with Crippen molar-refractivity contribution in [1.29, 1.82) is 0 Å². The second kappa shape index (κ2) is 7.31. The van der Waals surface area contributed by atoms with E-state index in [4.69, 9.17) is 14.2 Å². The van der Waals surface area contributed by atoms with Crippen LogP contribution in [0.25, 0.3) is 10.2 Å². The Kier molecular flexibility index (Phi) is 4.73. The first-order valence-electron chi connectivity index (χ1n) is 8.32. The summed E-state index contributed by atoms with van der Waals surface area (Å²) in [5.74, 6) is 0.809. The molecule has 2 aromatic carbocycles. The fourth-order valence-corrected chi connectivity index (χ4v) is 3.78. The Balaban J connectivity index is 1.51. The van der Waals surface area contributed by atoms with Crippen molar-refractivity contribution in [3.05, 3.63) is 48.0 Å². The third-order valence-corrected chi connectivity index (χ3v) is 5.25. The molecular weight excluding hydrogens is 352 g/mol. The van der Waals surface area contributed by atoms with E-state index in [1.165, 1.54) is 0 Å². The molecule has 26 heavy (non-hydrogen) atoms. The van der Waals surface area contributed by atoms with Crippen LogP contribution in [-0.4, -0.2) is 44.4 Å². The van der Waals surface area contributed by atoms with Crippen LogP contribution >= 0.6 is 11.3 Å². The fourth-order valence-electron chi connectivity index (χ4n) is 2.74. The van der Waals surface area contributed by atoms with E-state index < -0.39 is 5.97 Å². The standard InChI is InChI=1S/C19H18N2O4S/c1-23-14-4-2-13(3-5-14)18(22)25-15-6-7-16-17(12-15)26-19(20-16)21-8-10-24-11-9-21/h2-7,12H,8-11H2,1H3. The molecule has 1 aliphatic heterocycles. The molecule has 1 saturated heterocycles. The number of nitrogens with zero attached hydrogens (tertiary/aromatic N) is 2. The molecule has 134 valence electrons. The topological polar surface area (TPSA) is 60.9 Å². The molecule has 0 spiro atoms. The number of carbonyl (C=O) groups is 1. The quantitative estimate of drug-likeness (QED) is 0.518. The zero-order chi connectivity index (χ0) is 17.9. The van der Waals surface area contributed by atoms with Crippen molar-refractivity contribution in [2.45, 2.75) is 0 Å². The van der Waals surface area contributed by atoms with Crippen molar-refractivity contribution in [2.24, 2.45) is 0 Å². The maximum absolute atomic E-state index is 12.3. The molecule has 2 heterocycles. The molecule has 3 aromatic rings. The Morgan fingerprint density at radius 3 is 2.58 bits per heavy atom. The van der Waals surface area contributed by atoms with E-state index in [1.807, 2.05) is 12.1 Å². The average Bonchev–Trinajstić information content (AvgIpc) is 3.12. The third-order valence-electron chi connectivity index (χ3n) is 4.17. The van der Waals surface area contributed by atoms with Gasteiger partial charge in [-0.15, -0.1) is 0 Å². The summed E-state index contributed by atoms with van der Waals surface area (Å²) in [6.45, 7) is 3.14. The lowest BCUT2D eigenvalue weighted by Gasteiger charge is -2.25. The first-order valence-corrected chi connectivity index (χ1v) is 9.14. The van der Waals surface area contributed by atoms with Gasteiger partial charge >= 0.3 is 5.97 Å². The number of esters is 1. The first kappa shape index (κ1) is 16.8. The van der Waals surface area contributed by atoms with Crippen LogP contribution in [0, 0.1) is 0 Å². The average molecular weight is 370 g/mol. The van der Waals surface area contributed by atoms with E-state index >= 15 is 0 Å². The van der Waals surface area contributed by atoms with Crippen molar-refractivity contribution in [2.75, 3.05) is 38.3 Å². The number of carbonyl (C=O) groups excluding carboxylic acids is 1. The Bertz CT molecular complexity index is 917. The minimum Gasteiger partial charge on any atom is -0.497 e. The monoisotopic (exact) mass is 370 g/mol. The summed E-state index contributed by atoms with van der Waals surface area (Å²) in [5, 5.41) is 0.974. The molecule has 0 radical (unpaired) electrons. The number of anilines is 1. The molecule has 7 heteroatoms. The molecule has 0 bridgehead atoms. The second-order valence-electron chi connectivity index (χ2n) is 5.84. The maximum Gasteiger partial charge on any atom is 0.343 e. The molecule has 0 saturated carbocycles. The van der Waals surface area contributed by atoms with E-state index in [1.54, 1.807) is 48.8 Å². The highest BCUT2D eigenvalue weighted by Crippen LogP contribution is 2.32. The molecule has 1 fully saturated rings. The van der Waals surface area contributed by atoms with Gasteiger partial charge in [0.25, 0.3) is 0 Å². The fraction of sp³-hybridized carbons (Fsp3) is 0.263. The molecule has 0 atom stereocenters. The van der Waals surface area contributed by atoms with Gasteiger partial charge in [0.05, 0.1) is 36.1 Å². The number of aromatic nitrogens is 1. The number of methoxy groups -OCH3 is 1. The van der Waals surface area contributed by atoms with E-state index in [2.05, 4.69) is 9.88 Å². The number of hydrogen-bond acceptors (Lipinski definition) is 7. The van der Waals surface area contributed by atoms with Crippen LogP contribution in [-0.2, 0) is 4.74 Å². The number of hydrogen-bond donors (Lipinski definition) is 0. The van der Waals surface area contributed by atoms with Crippen LogP contribution in [0.2, 0.25) is 0 Å². The van der Waals surface area contributed by atoms with Gasteiger partial charge in [0.1, 0.15) is 11.5 Å². The van der Waals surface area contributed by atoms with Crippen molar-refractivity contribution in [1.82, 2.24) is 4.98 Å². The van der Waals surface area contributed by atoms with E-state index in [-0.39, 0.29) is 0 Å². The molecule has 1 aromatic heterocycles. The van der Waals surface area contributed by atoms with Gasteiger partial charge in [0, 0.05) is 19.2 Å². The van der Waals surface area contributed by atoms with Crippen molar-refractivity contribution >= 4 is 32.7 Å². The number of benzene rings is 2. The highest BCUT2D eigenvalue weighted by atomic mass is 32.1. The number of rotatable bonds is 4. The van der Waals surface area contributed by atoms with Crippen LogP contribution in [0.4, 0.5) is 5.13 Å². The Labute approximate surface area is 154 Å². The van der Waals surface area contributed by atoms with Gasteiger partial charge in [-0.1, -0.05) is 11.3 Å². The van der Waals surface area contributed by atoms with E-state index in [0.717, 1.165) is 41.7 Å². The minimum absolute atomic E-state index is 0.398. The first-order chi connectivity index (χ1) is 12.7. The Morgan fingerprint density at radius 1 is 1.12 bits per heavy atom. The number of thiazole rings is 1. The molecule has 4 rings (SSSR count). The summed E-state index contributed by atoms with van der Waals surface area (Å²) in [7, 11) is 1.59. The molecule has 1 aliphatic rings. The van der Waals surface area contributed by atoms with Gasteiger partial charge in [-0.05, 0) is 36.4 Å². The predicted octanol–water partition coefficient (Wildman–Crippen LogP) is 3.36. The second-order valence-corrected chi connectivity index (χ2v) is 6.85. The zero-order valence-electron chi connectivity index (χ0n) is 14.3. The Hall–Kier alpha value is -2.64. The lowest BCUT2D eigenvalue weighted by Crippen LogP contribution is -2.36. The molecule has 6 nitrogen and oxygen atoms in total. The van der Waals surface area contributed by atoms with Gasteiger partial charge in [-0.25, -0.2) is 9.78 Å². The highest BCUT2D eigenvalue weighted by Gasteiger charge is 2.16. The van der Waals surface area contributed by atoms with Gasteiger partial charge in [0.2, 0.25) is 0 Å². The van der Waals surface area contributed by atoms with Crippen LogP contribution in [0.1, 0.15) is 10.4 Å². The van der Waals surface area contributed by atoms with Crippen LogP contribution < -0.4 is 14.4 Å².